The van der Waals surface area contributed by atoms with Gasteiger partial charge in [0.2, 0.25) is 0 Å². The van der Waals surface area contributed by atoms with Gasteiger partial charge in [0.25, 0.3) is 5.91 Å². The van der Waals surface area contributed by atoms with Gasteiger partial charge in [-0.1, -0.05) is 43.7 Å². The molecular weight excluding hydrogens is 364 g/mol. The van der Waals surface area contributed by atoms with Gasteiger partial charge in [-0.2, -0.15) is 0 Å². The Morgan fingerprint density at radius 2 is 2.03 bits per heavy atom. The maximum Gasteiger partial charge on any atom is 0.255 e. The molecule has 6 nitrogen and oxygen atoms in total. The van der Waals surface area contributed by atoms with Crippen LogP contribution in [0.15, 0.2) is 42.5 Å². The van der Waals surface area contributed by atoms with E-state index in [1.165, 1.54) is 6.42 Å². The molecule has 1 aliphatic heterocycles. The van der Waals surface area contributed by atoms with Crippen LogP contribution in [0.1, 0.15) is 42.1 Å². The van der Waals surface area contributed by atoms with Crippen molar-refractivity contribution in [2.24, 2.45) is 0 Å². The van der Waals surface area contributed by atoms with Crippen LogP contribution in [-0.2, 0) is 6.54 Å². The monoisotopic (exact) mass is 396 g/mol. The lowest BCUT2D eigenvalue weighted by atomic mass is 10.1. The third-order valence-corrected chi connectivity index (χ3v) is 5.48. The first kappa shape index (κ1) is 21.0. The molecule has 0 saturated carbocycles. The number of rotatable bonds is 7. The van der Waals surface area contributed by atoms with Crippen LogP contribution >= 0.6 is 0 Å². The molecule has 2 aromatic carbocycles. The highest BCUT2D eigenvalue weighted by Crippen LogP contribution is 2.30. The second-order valence-electron chi connectivity index (χ2n) is 7.54. The molecule has 4 N–H and O–H groups in total. The number of likely N-dealkylation sites (tertiary alicyclic amines) is 1. The summed E-state index contributed by atoms with van der Waals surface area (Å²) >= 11 is 0. The lowest BCUT2D eigenvalue weighted by Gasteiger charge is -2.24. The Hall–Kier alpha value is -2.73. The van der Waals surface area contributed by atoms with Gasteiger partial charge in [0.05, 0.1) is 24.0 Å². The number of nitrogen functional groups attached to an aromatic ring is 1. The standard InChI is InChI=1S/C23H32N4O2/c1-3-27-12-8-7-11-18(16-27)26-23(28)19-13-20(24)21(14-22(19)29-2)25-15-17-9-5-4-6-10-17/h4-6,9-10,13-14,18,25H,3,7-8,11-12,15-16,24H2,1-2H3,(H,26,28). The molecule has 0 radical (unpaired) electrons. The molecular formula is C23H32N4O2. The molecule has 6 heteroatoms. The summed E-state index contributed by atoms with van der Waals surface area (Å²) in [5.41, 5.74) is 9.16. The van der Waals surface area contributed by atoms with Gasteiger partial charge in [0, 0.05) is 25.2 Å². The number of carbonyl (C=O) groups excluding carboxylic acids is 1. The number of carbonyl (C=O) groups is 1. The van der Waals surface area contributed by atoms with Crippen molar-refractivity contribution in [3.8, 4) is 5.75 Å². The first-order chi connectivity index (χ1) is 14.1. The molecule has 1 fully saturated rings. The number of anilines is 2. The minimum atomic E-state index is -0.133. The second-order valence-corrected chi connectivity index (χ2v) is 7.54. The number of benzene rings is 2. The van der Waals surface area contributed by atoms with Crippen LogP contribution in [0.25, 0.3) is 0 Å². The number of amides is 1. The minimum absolute atomic E-state index is 0.133. The molecule has 156 valence electrons. The zero-order valence-electron chi connectivity index (χ0n) is 17.4. The molecule has 1 atom stereocenters. The van der Waals surface area contributed by atoms with E-state index in [-0.39, 0.29) is 11.9 Å². The molecule has 2 aromatic rings. The molecule has 1 saturated heterocycles. The average Bonchev–Trinajstić information content (AvgIpc) is 2.98. The Morgan fingerprint density at radius 3 is 2.76 bits per heavy atom. The van der Waals surface area contributed by atoms with Crippen molar-refractivity contribution in [2.75, 3.05) is 37.8 Å². The summed E-state index contributed by atoms with van der Waals surface area (Å²) in [4.78, 5) is 15.3. The molecule has 29 heavy (non-hydrogen) atoms. The fourth-order valence-corrected chi connectivity index (χ4v) is 3.78. The summed E-state index contributed by atoms with van der Waals surface area (Å²) in [6, 6.07) is 13.7. The van der Waals surface area contributed by atoms with Gasteiger partial charge >= 0.3 is 0 Å². The number of nitrogens with one attached hydrogen (secondary N) is 2. The van der Waals surface area contributed by atoms with Gasteiger partial charge in [-0.3, -0.25) is 4.79 Å². The van der Waals surface area contributed by atoms with Gasteiger partial charge in [-0.25, -0.2) is 0 Å². The topological polar surface area (TPSA) is 79.6 Å². The number of nitrogens with two attached hydrogens (primary N) is 1. The van der Waals surface area contributed by atoms with Crippen LogP contribution in [-0.4, -0.2) is 43.6 Å². The van der Waals surface area contributed by atoms with Crippen molar-refractivity contribution in [1.29, 1.82) is 0 Å². The Kier molecular flexibility index (Phi) is 7.36. The van der Waals surface area contributed by atoms with Crippen LogP contribution in [0.3, 0.4) is 0 Å². The van der Waals surface area contributed by atoms with Crippen LogP contribution in [0, 0.1) is 0 Å². The highest BCUT2D eigenvalue weighted by Gasteiger charge is 2.22. The summed E-state index contributed by atoms with van der Waals surface area (Å²) in [5.74, 6) is 0.388. The van der Waals surface area contributed by atoms with Crippen molar-refractivity contribution in [3.63, 3.8) is 0 Å². The molecule has 0 bridgehead atoms. The highest BCUT2D eigenvalue weighted by molar-refractivity contribution is 5.99. The van der Waals surface area contributed by atoms with E-state index >= 15 is 0 Å². The van der Waals surface area contributed by atoms with Crippen LogP contribution in [0.4, 0.5) is 11.4 Å². The lowest BCUT2D eigenvalue weighted by Crippen LogP contribution is -2.42. The normalized spacial score (nSPS) is 17.4. The average molecular weight is 397 g/mol. The van der Waals surface area contributed by atoms with E-state index in [1.54, 1.807) is 19.2 Å². The number of nitrogens with zero attached hydrogens (tertiary/aromatic N) is 1. The summed E-state index contributed by atoms with van der Waals surface area (Å²) in [6.45, 7) is 5.80. The number of ether oxygens (including phenoxy) is 1. The van der Waals surface area contributed by atoms with Gasteiger partial charge in [-0.15, -0.1) is 0 Å². The molecule has 0 aromatic heterocycles. The van der Waals surface area contributed by atoms with Crippen molar-refractivity contribution < 1.29 is 9.53 Å². The summed E-state index contributed by atoms with van der Waals surface area (Å²) in [5, 5.41) is 6.51. The van der Waals surface area contributed by atoms with E-state index in [2.05, 4.69) is 34.6 Å². The Morgan fingerprint density at radius 1 is 1.24 bits per heavy atom. The van der Waals surface area contributed by atoms with Crippen LogP contribution in [0.2, 0.25) is 0 Å². The molecule has 1 heterocycles. The highest BCUT2D eigenvalue weighted by atomic mass is 16.5. The zero-order valence-corrected chi connectivity index (χ0v) is 17.4. The predicted molar refractivity (Wildman–Crippen MR) is 118 cm³/mol. The smallest absolute Gasteiger partial charge is 0.255 e. The van der Waals surface area contributed by atoms with Crippen molar-refractivity contribution in [3.05, 3.63) is 53.6 Å². The molecule has 0 spiro atoms. The molecule has 3 rings (SSSR count). The fraction of sp³-hybridized carbons (Fsp3) is 0.435. The summed E-state index contributed by atoms with van der Waals surface area (Å²) < 4.78 is 5.50. The number of likely N-dealkylation sites (N-methyl/N-ethyl adjacent to an activating group) is 1. The van der Waals surface area contributed by atoms with E-state index in [0.717, 1.165) is 43.7 Å². The largest absolute Gasteiger partial charge is 0.496 e. The number of methoxy groups -OCH3 is 1. The van der Waals surface area contributed by atoms with E-state index in [9.17, 15) is 4.79 Å². The second kappa shape index (κ2) is 10.2. The Bertz CT molecular complexity index is 810. The van der Waals surface area contributed by atoms with Gasteiger partial charge in [0.1, 0.15) is 5.75 Å². The first-order valence-electron chi connectivity index (χ1n) is 10.4. The third-order valence-electron chi connectivity index (χ3n) is 5.48. The predicted octanol–water partition coefficient (Wildman–Crippen LogP) is 3.49. The zero-order chi connectivity index (χ0) is 20.6. The maximum absolute atomic E-state index is 13.0. The molecule has 1 amide bonds. The number of hydrogen-bond donors (Lipinski definition) is 3. The summed E-state index contributed by atoms with van der Waals surface area (Å²) in [7, 11) is 1.58. The summed E-state index contributed by atoms with van der Waals surface area (Å²) in [6.07, 6.45) is 3.30. The maximum atomic E-state index is 13.0. The molecule has 1 aliphatic rings. The van der Waals surface area contributed by atoms with Crippen molar-refractivity contribution in [2.45, 2.75) is 38.8 Å². The molecule has 0 aliphatic carbocycles. The fourth-order valence-electron chi connectivity index (χ4n) is 3.78. The van der Waals surface area contributed by atoms with E-state index < -0.39 is 0 Å². The van der Waals surface area contributed by atoms with Crippen molar-refractivity contribution in [1.82, 2.24) is 10.2 Å². The van der Waals surface area contributed by atoms with E-state index in [1.807, 2.05) is 18.2 Å². The van der Waals surface area contributed by atoms with Crippen LogP contribution < -0.4 is 21.1 Å². The van der Waals surface area contributed by atoms with Crippen molar-refractivity contribution >= 4 is 17.3 Å². The quantitative estimate of drug-likeness (QED) is 0.624. The van der Waals surface area contributed by atoms with E-state index in [0.29, 0.717) is 23.5 Å². The van der Waals surface area contributed by atoms with Gasteiger partial charge in [-0.05, 0) is 37.6 Å². The SMILES string of the molecule is CCN1CCCCC(NC(=O)c2cc(N)c(NCc3ccccc3)cc2OC)C1. The first-order valence-corrected chi connectivity index (χ1v) is 10.4. The van der Waals surface area contributed by atoms with Gasteiger partial charge < -0.3 is 26.0 Å². The van der Waals surface area contributed by atoms with Crippen LogP contribution in [0.5, 0.6) is 5.75 Å². The van der Waals surface area contributed by atoms with E-state index in [4.69, 9.17) is 10.5 Å². The lowest BCUT2D eigenvalue weighted by molar-refractivity contribution is 0.0924. The van der Waals surface area contributed by atoms with Gasteiger partial charge in [0.15, 0.2) is 0 Å². The Labute approximate surface area is 173 Å². The molecule has 1 unspecified atom stereocenters. The Balaban J connectivity index is 1.71. The number of hydrogen-bond acceptors (Lipinski definition) is 5. The third kappa shape index (κ3) is 5.64. The minimum Gasteiger partial charge on any atom is -0.496 e.